The van der Waals surface area contributed by atoms with Crippen molar-refractivity contribution >= 4 is 0 Å². The Morgan fingerprint density at radius 3 is 1.88 bits per heavy atom. The van der Waals surface area contributed by atoms with Crippen LogP contribution in [0, 0.1) is 0 Å². The first kappa shape index (κ1) is 11.6. The summed E-state index contributed by atoms with van der Waals surface area (Å²) in [6, 6.07) is 0. The summed E-state index contributed by atoms with van der Waals surface area (Å²) in [6.45, 7) is 2.53. The van der Waals surface area contributed by atoms with E-state index in [2.05, 4.69) is 0 Å². The summed E-state index contributed by atoms with van der Waals surface area (Å²) in [5.74, 6) is 0. The molecule has 0 spiro atoms. The van der Waals surface area contributed by atoms with E-state index < -0.39 is 0 Å². The Balaban J connectivity index is 0. The number of rotatable bonds is 2. The average Bonchev–Trinajstić information content (AvgIpc) is 1.27. The van der Waals surface area contributed by atoms with Gasteiger partial charge < -0.3 is 10.0 Å². The molecule has 0 saturated heterocycles. The third-order valence-electron chi connectivity index (χ3n) is 0.629. The van der Waals surface area contributed by atoms with Gasteiger partial charge in [0.1, 0.15) is 0 Å². The summed E-state index contributed by atoms with van der Waals surface area (Å²) in [4.78, 5) is 1.95. The number of aliphatic hydroxyl groups excluding tert-OH is 1. The molecule has 0 amide bonds. The molecular weight excluding hydrogens is 269 g/mol. The molecule has 48 valence electrons. The van der Waals surface area contributed by atoms with E-state index in [1.165, 1.54) is 0 Å². The summed E-state index contributed by atoms with van der Waals surface area (Å²) in [6.07, 6.45) is -0.199. The quantitative estimate of drug-likeness (QED) is 0.716. The zero-order valence-electron chi connectivity index (χ0n) is 5.68. The predicted molar refractivity (Wildman–Crippen MR) is 30.2 cm³/mol. The van der Waals surface area contributed by atoms with Crippen LogP contribution >= 0.6 is 0 Å². The maximum Gasteiger partial charge on any atom is 0.0638 e. The molecule has 0 fully saturated rings. The van der Waals surface area contributed by atoms with E-state index in [1.807, 2.05) is 19.0 Å². The van der Waals surface area contributed by atoms with Crippen LogP contribution in [0.1, 0.15) is 6.92 Å². The van der Waals surface area contributed by atoms with Gasteiger partial charge in [0.25, 0.3) is 0 Å². The minimum absolute atomic E-state index is 0. The zero-order chi connectivity index (χ0) is 5.86. The van der Waals surface area contributed by atoms with Crippen molar-refractivity contribution in [2.75, 3.05) is 20.6 Å². The van der Waals surface area contributed by atoms with E-state index in [0.717, 1.165) is 6.54 Å². The second-order valence-corrected chi connectivity index (χ2v) is 2.11. The first-order valence-corrected chi connectivity index (χ1v) is 2.45. The Morgan fingerprint density at radius 2 is 1.88 bits per heavy atom. The first-order valence-electron chi connectivity index (χ1n) is 2.45. The van der Waals surface area contributed by atoms with E-state index in [-0.39, 0.29) is 31.9 Å². The van der Waals surface area contributed by atoms with Crippen molar-refractivity contribution in [3.05, 3.63) is 0 Å². The number of nitrogens with zero attached hydrogens (tertiary/aromatic N) is 1. The summed E-state index contributed by atoms with van der Waals surface area (Å²) in [5, 5.41) is 8.68. The van der Waals surface area contributed by atoms with E-state index >= 15 is 0 Å². The van der Waals surface area contributed by atoms with Crippen LogP contribution < -0.4 is 0 Å². The fourth-order valence-corrected chi connectivity index (χ4v) is 0.528. The molecule has 0 heterocycles. The molecule has 0 aliphatic rings. The summed E-state index contributed by atoms with van der Waals surface area (Å²) in [7, 11) is 3.87. The Kier molecular flexibility index (Phi) is 8.56. The molecule has 0 aromatic carbocycles. The van der Waals surface area contributed by atoms with Crippen molar-refractivity contribution in [2.24, 2.45) is 0 Å². The maximum absolute atomic E-state index is 8.68. The van der Waals surface area contributed by atoms with Crippen molar-refractivity contribution in [1.82, 2.24) is 4.90 Å². The molecule has 0 rings (SSSR count). The van der Waals surface area contributed by atoms with E-state index in [0.29, 0.717) is 0 Å². The van der Waals surface area contributed by atoms with Gasteiger partial charge in [-0.3, -0.25) is 0 Å². The molecule has 1 atom stereocenters. The Bertz CT molecular complexity index is 41.7. The van der Waals surface area contributed by atoms with Gasteiger partial charge >= 0.3 is 0 Å². The molecule has 0 aromatic heterocycles. The topological polar surface area (TPSA) is 23.5 Å². The minimum atomic E-state index is -0.199. The molecule has 2 nitrogen and oxygen atoms in total. The van der Waals surface area contributed by atoms with Gasteiger partial charge in [0.2, 0.25) is 0 Å². The number of aliphatic hydroxyl groups is 1. The van der Waals surface area contributed by atoms with Crippen molar-refractivity contribution < 1.29 is 30.9 Å². The van der Waals surface area contributed by atoms with Gasteiger partial charge in [-0.1, -0.05) is 0 Å². The third-order valence-corrected chi connectivity index (χ3v) is 0.629. The van der Waals surface area contributed by atoms with Crippen LogP contribution in [0.2, 0.25) is 0 Å². The van der Waals surface area contributed by atoms with Crippen LogP contribution in [-0.4, -0.2) is 36.8 Å². The minimum Gasteiger partial charge on any atom is -0.392 e. The molecule has 0 saturated carbocycles. The molecule has 8 heavy (non-hydrogen) atoms. The second-order valence-electron chi connectivity index (χ2n) is 2.11. The molecule has 0 radical (unpaired) electrons. The number of hydrogen-bond donors (Lipinski definition) is 1. The predicted octanol–water partition coefficient (Wildman–Crippen LogP) is -0.0737. The van der Waals surface area contributed by atoms with Crippen molar-refractivity contribution in [3.8, 4) is 0 Å². The van der Waals surface area contributed by atoms with Crippen LogP contribution in [0.4, 0.5) is 0 Å². The Morgan fingerprint density at radius 1 is 1.50 bits per heavy atom. The van der Waals surface area contributed by atoms with Gasteiger partial charge in [-0.2, -0.15) is 0 Å². The molecule has 0 bridgehead atoms. The smallest absolute Gasteiger partial charge is 0.0638 e. The SMILES string of the molecule is CC(O)CN(C)C.[Hf]. The van der Waals surface area contributed by atoms with E-state index in [1.54, 1.807) is 6.92 Å². The molecule has 0 aliphatic carbocycles. The Hall–Kier alpha value is 0.790. The molecule has 0 aromatic rings. The van der Waals surface area contributed by atoms with Crippen molar-refractivity contribution in [1.29, 1.82) is 0 Å². The van der Waals surface area contributed by atoms with Crippen LogP contribution in [0.5, 0.6) is 0 Å². The fraction of sp³-hybridized carbons (Fsp3) is 1.00. The third kappa shape index (κ3) is 9.92. The van der Waals surface area contributed by atoms with Gasteiger partial charge in [-0.15, -0.1) is 0 Å². The van der Waals surface area contributed by atoms with E-state index in [4.69, 9.17) is 5.11 Å². The van der Waals surface area contributed by atoms with Crippen LogP contribution in [0.25, 0.3) is 0 Å². The van der Waals surface area contributed by atoms with Crippen LogP contribution in [0.3, 0.4) is 0 Å². The van der Waals surface area contributed by atoms with Crippen molar-refractivity contribution in [2.45, 2.75) is 13.0 Å². The molecule has 3 heteroatoms. The Labute approximate surface area is 69.7 Å². The maximum atomic E-state index is 8.68. The number of likely N-dealkylation sites (N-methyl/N-ethyl adjacent to an activating group) is 1. The fourth-order valence-electron chi connectivity index (χ4n) is 0.528. The second kappa shape index (κ2) is 5.92. The molecule has 1 unspecified atom stereocenters. The van der Waals surface area contributed by atoms with Crippen LogP contribution in [0.15, 0.2) is 0 Å². The molecular formula is C5H13HfNO. The molecule has 0 aliphatic heterocycles. The first-order chi connectivity index (χ1) is 3.13. The van der Waals surface area contributed by atoms with Gasteiger partial charge in [-0.05, 0) is 21.0 Å². The van der Waals surface area contributed by atoms with Gasteiger partial charge in [0.05, 0.1) is 6.10 Å². The summed E-state index contributed by atoms with van der Waals surface area (Å²) >= 11 is 0. The van der Waals surface area contributed by atoms with Gasteiger partial charge in [-0.25, -0.2) is 0 Å². The summed E-state index contributed by atoms with van der Waals surface area (Å²) in [5.41, 5.74) is 0. The standard InChI is InChI=1S/C5H13NO.Hf/c1-5(7)4-6(2)3;/h5,7H,4H2,1-3H3;. The summed E-state index contributed by atoms with van der Waals surface area (Å²) < 4.78 is 0. The van der Waals surface area contributed by atoms with Gasteiger partial charge in [0, 0.05) is 32.4 Å². The monoisotopic (exact) mass is 283 g/mol. The van der Waals surface area contributed by atoms with Gasteiger partial charge in [0.15, 0.2) is 0 Å². The average molecular weight is 282 g/mol. The van der Waals surface area contributed by atoms with Crippen molar-refractivity contribution in [3.63, 3.8) is 0 Å². The molecule has 1 N–H and O–H groups in total. The largest absolute Gasteiger partial charge is 0.392 e. The normalized spacial score (nSPS) is 13.1. The number of hydrogen-bond acceptors (Lipinski definition) is 2. The zero-order valence-corrected chi connectivity index (χ0v) is 9.27. The van der Waals surface area contributed by atoms with Crippen LogP contribution in [-0.2, 0) is 25.8 Å². The van der Waals surface area contributed by atoms with E-state index in [9.17, 15) is 0 Å².